The Hall–Kier alpha value is -2.34. The molecule has 0 saturated carbocycles. The molecule has 2 N–H and O–H groups in total. The van der Waals surface area contributed by atoms with E-state index in [-0.39, 0.29) is 24.3 Å². The van der Waals surface area contributed by atoms with Gasteiger partial charge in [0.25, 0.3) is 5.91 Å². The first-order chi connectivity index (χ1) is 11.4. The van der Waals surface area contributed by atoms with Crippen LogP contribution in [0.2, 0.25) is 5.02 Å². The van der Waals surface area contributed by atoms with Crippen LogP contribution in [0.15, 0.2) is 28.8 Å². The van der Waals surface area contributed by atoms with Crippen molar-refractivity contribution in [3.63, 3.8) is 0 Å². The molecule has 0 bridgehead atoms. The average Bonchev–Trinajstić information content (AvgIpc) is 2.94. The third-order valence-corrected chi connectivity index (χ3v) is 3.70. The molecule has 0 unspecified atom stereocenters. The first-order valence-corrected chi connectivity index (χ1v) is 8.01. The van der Waals surface area contributed by atoms with Crippen LogP contribution in [0.5, 0.6) is 0 Å². The van der Waals surface area contributed by atoms with Gasteiger partial charge in [-0.1, -0.05) is 42.7 Å². The summed E-state index contributed by atoms with van der Waals surface area (Å²) >= 11 is 5.81. The van der Waals surface area contributed by atoms with E-state index >= 15 is 0 Å². The minimum atomic E-state index is -0.362. The maximum Gasteiger partial charge on any atom is 0.257 e. The first-order valence-electron chi connectivity index (χ1n) is 7.64. The Bertz CT molecular complexity index is 723. The predicted molar refractivity (Wildman–Crippen MR) is 91.0 cm³/mol. The molecule has 1 aromatic carbocycles. The Morgan fingerprint density at radius 1 is 1.21 bits per heavy atom. The van der Waals surface area contributed by atoms with Crippen molar-refractivity contribution in [2.24, 2.45) is 0 Å². The SMILES string of the molecule is Cc1noc(C(C)C)c1C(=O)NCC(=O)NCc1ccc(Cl)cc1. The third kappa shape index (κ3) is 4.58. The van der Waals surface area contributed by atoms with Crippen molar-refractivity contribution in [3.05, 3.63) is 51.9 Å². The lowest BCUT2D eigenvalue weighted by Crippen LogP contribution is -2.37. The van der Waals surface area contributed by atoms with Gasteiger partial charge in [0.15, 0.2) is 5.76 Å². The average molecular weight is 350 g/mol. The number of aryl methyl sites for hydroxylation is 1. The van der Waals surface area contributed by atoms with Crippen molar-refractivity contribution in [3.8, 4) is 0 Å². The molecule has 7 heteroatoms. The molecule has 0 spiro atoms. The summed E-state index contributed by atoms with van der Waals surface area (Å²) < 4.78 is 5.18. The van der Waals surface area contributed by atoms with Crippen molar-refractivity contribution in [1.29, 1.82) is 0 Å². The zero-order valence-corrected chi connectivity index (χ0v) is 14.6. The van der Waals surface area contributed by atoms with Crippen LogP contribution in [0.1, 0.15) is 47.1 Å². The fraction of sp³-hybridized carbons (Fsp3) is 0.353. The highest BCUT2D eigenvalue weighted by atomic mass is 35.5. The first kappa shape index (κ1) is 18.0. The summed E-state index contributed by atoms with van der Waals surface area (Å²) in [4.78, 5) is 24.1. The summed E-state index contributed by atoms with van der Waals surface area (Å²) in [5, 5.41) is 9.79. The number of amides is 2. The number of aromatic nitrogens is 1. The number of rotatable bonds is 6. The van der Waals surface area contributed by atoms with E-state index in [1.807, 2.05) is 26.0 Å². The lowest BCUT2D eigenvalue weighted by molar-refractivity contribution is -0.120. The van der Waals surface area contributed by atoms with E-state index in [9.17, 15) is 9.59 Å². The van der Waals surface area contributed by atoms with E-state index in [1.165, 1.54) is 0 Å². The molecule has 6 nitrogen and oxygen atoms in total. The number of halogens is 1. The minimum Gasteiger partial charge on any atom is -0.360 e. The fourth-order valence-corrected chi connectivity index (χ4v) is 2.30. The van der Waals surface area contributed by atoms with Crippen molar-refractivity contribution < 1.29 is 14.1 Å². The second kappa shape index (κ2) is 7.97. The summed E-state index contributed by atoms with van der Waals surface area (Å²) in [5.41, 5.74) is 1.84. The van der Waals surface area contributed by atoms with E-state index in [1.54, 1.807) is 19.1 Å². The molecule has 0 aliphatic rings. The maximum atomic E-state index is 12.3. The zero-order valence-electron chi connectivity index (χ0n) is 13.9. The Morgan fingerprint density at radius 3 is 2.50 bits per heavy atom. The smallest absolute Gasteiger partial charge is 0.257 e. The summed E-state index contributed by atoms with van der Waals surface area (Å²) in [7, 11) is 0. The number of nitrogens with zero attached hydrogens (tertiary/aromatic N) is 1. The van der Waals surface area contributed by atoms with E-state index in [0.717, 1.165) is 5.56 Å². The Kier molecular flexibility index (Phi) is 5.98. The monoisotopic (exact) mass is 349 g/mol. The van der Waals surface area contributed by atoms with Crippen molar-refractivity contribution in [1.82, 2.24) is 15.8 Å². The highest BCUT2D eigenvalue weighted by molar-refractivity contribution is 6.30. The van der Waals surface area contributed by atoms with Gasteiger partial charge in [0.05, 0.1) is 12.2 Å². The Balaban J connectivity index is 1.86. The third-order valence-electron chi connectivity index (χ3n) is 3.45. The van der Waals surface area contributed by atoms with E-state index in [2.05, 4.69) is 15.8 Å². The van der Waals surface area contributed by atoms with E-state index in [0.29, 0.717) is 28.6 Å². The quantitative estimate of drug-likeness (QED) is 0.839. The highest BCUT2D eigenvalue weighted by Gasteiger charge is 2.22. The predicted octanol–water partition coefficient (Wildman–Crippen LogP) is 2.81. The molecule has 0 fully saturated rings. The number of hydrogen-bond acceptors (Lipinski definition) is 4. The molecular formula is C17H20ClN3O3. The standard InChI is InChI=1S/C17H20ClN3O3/c1-10(2)16-15(11(3)21-24-16)17(23)20-9-14(22)19-8-12-4-6-13(18)7-5-12/h4-7,10H,8-9H2,1-3H3,(H,19,22)(H,20,23). The topological polar surface area (TPSA) is 84.2 Å². The van der Waals surface area contributed by atoms with Crippen LogP contribution < -0.4 is 10.6 Å². The van der Waals surface area contributed by atoms with Crippen molar-refractivity contribution >= 4 is 23.4 Å². The molecule has 128 valence electrons. The van der Waals surface area contributed by atoms with Crippen LogP contribution in [-0.4, -0.2) is 23.5 Å². The lowest BCUT2D eigenvalue weighted by atomic mass is 10.0. The number of benzene rings is 1. The molecule has 2 aromatic rings. The van der Waals surface area contributed by atoms with E-state index in [4.69, 9.17) is 16.1 Å². The van der Waals surface area contributed by atoms with Crippen molar-refractivity contribution in [2.75, 3.05) is 6.54 Å². The van der Waals surface area contributed by atoms with Gasteiger partial charge in [-0.25, -0.2) is 0 Å². The summed E-state index contributed by atoms with van der Waals surface area (Å²) in [6.45, 7) is 5.78. The van der Waals surface area contributed by atoms with Crippen LogP contribution in [0, 0.1) is 6.92 Å². The molecule has 0 atom stereocenters. The van der Waals surface area contributed by atoms with E-state index < -0.39 is 0 Å². The van der Waals surface area contributed by atoms with Crippen LogP contribution >= 0.6 is 11.6 Å². The fourth-order valence-electron chi connectivity index (χ4n) is 2.17. The molecule has 0 aliphatic heterocycles. The van der Waals surface area contributed by atoms with Crippen LogP contribution in [0.3, 0.4) is 0 Å². The van der Waals surface area contributed by atoms with Gasteiger partial charge >= 0.3 is 0 Å². The van der Waals surface area contributed by atoms with Gasteiger partial charge in [-0.3, -0.25) is 9.59 Å². The number of hydrogen-bond donors (Lipinski definition) is 2. The minimum absolute atomic E-state index is 0.0330. The zero-order chi connectivity index (χ0) is 17.7. The molecule has 0 radical (unpaired) electrons. The molecule has 24 heavy (non-hydrogen) atoms. The van der Waals surface area contributed by atoms with Gasteiger partial charge in [-0.05, 0) is 24.6 Å². The maximum absolute atomic E-state index is 12.3. The summed E-state index contributed by atoms with van der Waals surface area (Å²) in [6.07, 6.45) is 0. The Morgan fingerprint density at radius 2 is 1.88 bits per heavy atom. The molecule has 2 amide bonds. The van der Waals surface area contributed by atoms with Gasteiger partial charge in [-0.15, -0.1) is 0 Å². The van der Waals surface area contributed by atoms with Gasteiger partial charge < -0.3 is 15.2 Å². The van der Waals surface area contributed by atoms with Gasteiger partial charge in [0.2, 0.25) is 5.91 Å². The van der Waals surface area contributed by atoms with Crippen LogP contribution in [-0.2, 0) is 11.3 Å². The number of carbonyl (C=O) groups is 2. The number of nitrogens with one attached hydrogen (secondary N) is 2. The van der Waals surface area contributed by atoms with Gasteiger partial charge in [0.1, 0.15) is 5.56 Å². The largest absolute Gasteiger partial charge is 0.360 e. The van der Waals surface area contributed by atoms with Crippen LogP contribution in [0.25, 0.3) is 0 Å². The molecule has 0 aliphatic carbocycles. The second-order valence-corrected chi connectivity index (χ2v) is 6.18. The van der Waals surface area contributed by atoms with Crippen LogP contribution in [0.4, 0.5) is 0 Å². The second-order valence-electron chi connectivity index (χ2n) is 5.75. The molecule has 0 saturated heterocycles. The van der Waals surface area contributed by atoms with Crippen molar-refractivity contribution in [2.45, 2.75) is 33.2 Å². The Labute approximate surface area is 145 Å². The summed E-state index contributed by atoms with van der Waals surface area (Å²) in [6, 6.07) is 7.17. The highest BCUT2D eigenvalue weighted by Crippen LogP contribution is 2.21. The van der Waals surface area contributed by atoms with Gasteiger partial charge in [0, 0.05) is 17.5 Å². The molecule has 1 heterocycles. The molecular weight excluding hydrogens is 330 g/mol. The lowest BCUT2D eigenvalue weighted by Gasteiger charge is -2.08. The molecule has 1 aromatic heterocycles. The van der Waals surface area contributed by atoms with Gasteiger partial charge in [-0.2, -0.15) is 0 Å². The molecule has 2 rings (SSSR count). The summed E-state index contributed by atoms with van der Waals surface area (Å²) in [5.74, 6) is -0.0881. The number of carbonyl (C=O) groups excluding carboxylic acids is 2. The normalized spacial score (nSPS) is 10.7.